The van der Waals surface area contributed by atoms with Gasteiger partial charge in [0.25, 0.3) is 0 Å². The van der Waals surface area contributed by atoms with Crippen molar-refractivity contribution in [1.82, 2.24) is 15.2 Å². The number of nitrogens with one attached hydrogen (secondary N) is 2. The monoisotopic (exact) mass is 400 g/mol. The van der Waals surface area contributed by atoms with Crippen molar-refractivity contribution in [2.75, 3.05) is 25.0 Å². The van der Waals surface area contributed by atoms with Crippen LogP contribution in [-0.4, -0.2) is 41.3 Å². The lowest BCUT2D eigenvalue weighted by molar-refractivity contribution is -0.125. The number of pyridine rings is 1. The largest absolute Gasteiger partial charge is 0.338 e. The summed E-state index contributed by atoms with van der Waals surface area (Å²) in [6.45, 7) is 2.43. The van der Waals surface area contributed by atoms with Crippen LogP contribution in [0.1, 0.15) is 23.1 Å². The summed E-state index contributed by atoms with van der Waals surface area (Å²) in [6.07, 6.45) is 8.52. The van der Waals surface area contributed by atoms with Crippen LogP contribution in [0.3, 0.4) is 0 Å². The van der Waals surface area contributed by atoms with Crippen LogP contribution in [0.2, 0.25) is 0 Å². The smallest absolute Gasteiger partial charge is 0.246 e. The Bertz CT molecular complexity index is 1040. The standard InChI is InChI=1S/C24H24N4O2/c29-22-13-25-12-19-8-16(11-26-24(19)27-22)6-7-23(30)28-14-20-9-18(10-21(20)15-28)17-4-2-1-3-5-17/h1-9,11,20-21,25H,10,12-15H2,(H,26,27,29)/t20-,21+/m0/s1. The van der Waals surface area contributed by atoms with Crippen LogP contribution < -0.4 is 10.6 Å². The van der Waals surface area contributed by atoms with Gasteiger partial charge in [0.2, 0.25) is 11.8 Å². The summed E-state index contributed by atoms with van der Waals surface area (Å²) in [5, 5.41) is 5.85. The molecule has 3 aliphatic rings. The second-order valence-corrected chi connectivity index (χ2v) is 8.19. The van der Waals surface area contributed by atoms with E-state index in [2.05, 4.69) is 46.0 Å². The third-order valence-corrected chi connectivity index (χ3v) is 6.11. The van der Waals surface area contributed by atoms with Crippen molar-refractivity contribution in [3.8, 4) is 0 Å². The first-order chi connectivity index (χ1) is 14.7. The van der Waals surface area contributed by atoms with Gasteiger partial charge < -0.3 is 15.5 Å². The number of amides is 2. The zero-order valence-corrected chi connectivity index (χ0v) is 16.7. The summed E-state index contributed by atoms with van der Waals surface area (Å²) >= 11 is 0. The quantitative estimate of drug-likeness (QED) is 0.777. The van der Waals surface area contributed by atoms with Crippen LogP contribution in [0.15, 0.2) is 54.7 Å². The van der Waals surface area contributed by atoms with Crippen molar-refractivity contribution in [3.05, 3.63) is 71.4 Å². The van der Waals surface area contributed by atoms with E-state index in [4.69, 9.17) is 0 Å². The Morgan fingerprint density at radius 3 is 2.87 bits per heavy atom. The molecule has 0 bridgehead atoms. The highest BCUT2D eigenvalue weighted by molar-refractivity contribution is 5.93. The minimum absolute atomic E-state index is 0.0421. The molecule has 1 saturated heterocycles. The van der Waals surface area contributed by atoms with E-state index in [-0.39, 0.29) is 18.4 Å². The Balaban J connectivity index is 1.23. The van der Waals surface area contributed by atoms with Crippen LogP contribution in [0.5, 0.6) is 0 Å². The Morgan fingerprint density at radius 2 is 2.03 bits per heavy atom. The zero-order valence-electron chi connectivity index (χ0n) is 16.7. The molecule has 1 fully saturated rings. The van der Waals surface area contributed by atoms with Crippen molar-refractivity contribution < 1.29 is 9.59 Å². The van der Waals surface area contributed by atoms with E-state index in [1.165, 1.54) is 11.1 Å². The summed E-state index contributed by atoms with van der Waals surface area (Å²) in [6, 6.07) is 12.5. The first-order valence-corrected chi connectivity index (χ1v) is 10.4. The molecule has 1 aromatic heterocycles. The molecule has 2 N–H and O–H groups in total. The lowest BCUT2D eigenvalue weighted by Crippen LogP contribution is -2.27. The van der Waals surface area contributed by atoms with Crippen LogP contribution >= 0.6 is 0 Å². The molecule has 1 aromatic carbocycles. The molecule has 0 saturated carbocycles. The third-order valence-electron chi connectivity index (χ3n) is 6.11. The van der Waals surface area contributed by atoms with Gasteiger partial charge in [-0.25, -0.2) is 4.98 Å². The normalized spacial score (nSPS) is 23.0. The second kappa shape index (κ2) is 7.88. The van der Waals surface area contributed by atoms with E-state index in [1.807, 2.05) is 23.1 Å². The summed E-state index contributed by atoms with van der Waals surface area (Å²) in [5.74, 6) is 1.49. The molecule has 152 valence electrons. The van der Waals surface area contributed by atoms with Gasteiger partial charge in [0.1, 0.15) is 5.82 Å². The summed E-state index contributed by atoms with van der Waals surface area (Å²) in [5.41, 5.74) is 4.48. The van der Waals surface area contributed by atoms with Crippen molar-refractivity contribution in [3.63, 3.8) is 0 Å². The minimum atomic E-state index is -0.0937. The number of carbonyl (C=O) groups is 2. The predicted molar refractivity (Wildman–Crippen MR) is 116 cm³/mol. The van der Waals surface area contributed by atoms with Gasteiger partial charge >= 0.3 is 0 Å². The molecule has 0 unspecified atom stereocenters. The summed E-state index contributed by atoms with van der Waals surface area (Å²) in [7, 11) is 0. The van der Waals surface area contributed by atoms with Gasteiger partial charge in [-0.1, -0.05) is 36.4 Å². The number of rotatable bonds is 3. The van der Waals surface area contributed by atoms with Gasteiger partial charge in [0.15, 0.2) is 0 Å². The van der Waals surface area contributed by atoms with E-state index >= 15 is 0 Å². The molecule has 0 spiro atoms. The number of hydrogen-bond donors (Lipinski definition) is 2. The Morgan fingerprint density at radius 1 is 1.17 bits per heavy atom. The third kappa shape index (κ3) is 3.78. The molecule has 5 rings (SSSR count). The van der Waals surface area contributed by atoms with E-state index in [9.17, 15) is 9.59 Å². The molecule has 3 heterocycles. The fourth-order valence-corrected chi connectivity index (χ4v) is 4.58. The fourth-order valence-electron chi connectivity index (χ4n) is 4.58. The lowest BCUT2D eigenvalue weighted by atomic mass is 9.98. The number of nitrogens with zero attached hydrogens (tertiary/aromatic N) is 2. The fraction of sp³-hybridized carbons (Fsp3) is 0.292. The molecule has 2 aromatic rings. The Kier molecular flexibility index (Phi) is 4.93. The number of allylic oxidation sites excluding steroid dienone is 1. The topological polar surface area (TPSA) is 74.3 Å². The predicted octanol–water partition coefficient (Wildman–Crippen LogP) is 2.70. The summed E-state index contributed by atoms with van der Waals surface area (Å²) < 4.78 is 0. The number of hydrogen-bond acceptors (Lipinski definition) is 4. The first-order valence-electron chi connectivity index (χ1n) is 10.4. The Labute approximate surface area is 175 Å². The second-order valence-electron chi connectivity index (χ2n) is 8.19. The molecule has 6 nitrogen and oxygen atoms in total. The highest BCUT2D eigenvalue weighted by Gasteiger charge is 2.37. The highest BCUT2D eigenvalue weighted by atomic mass is 16.2. The minimum Gasteiger partial charge on any atom is -0.338 e. The van der Waals surface area contributed by atoms with Gasteiger partial charge in [-0.15, -0.1) is 0 Å². The van der Waals surface area contributed by atoms with Gasteiger partial charge in [0.05, 0.1) is 6.54 Å². The molecule has 1 aliphatic carbocycles. The van der Waals surface area contributed by atoms with E-state index in [1.54, 1.807) is 12.3 Å². The number of fused-ring (bicyclic) bond motifs is 2. The molecular weight excluding hydrogens is 376 g/mol. The van der Waals surface area contributed by atoms with E-state index in [0.717, 1.165) is 30.6 Å². The Hall–Kier alpha value is -3.25. The number of anilines is 1. The lowest BCUT2D eigenvalue weighted by Gasteiger charge is -2.15. The van der Waals surface area contributed by atoms with Gasteiger partial charge in [-0.2, -0.15) is 0 Å². The maximum Gasteiger partial charge on any atom is 0.246 e. The zero-order chi connectivity index (χ0) is 20.5. The van der Waals surface area contributed by atoms with Crippen LogP contribution in [0.25, 0.3) is 11.6 Å². The molecule has 2 amide bonds. The van der Waals surface area contributed by atoms with Crippen molar-refractivity contribution in [2.24, 2.45) is 11.8 Å². The van der Waals surface area contributed by atoms with Gasteiger partial charge in [-0.3, -0.25) is 9.59 Å². The van der Waals surface area contributed by atoms with Crippen LogP contribution in [0.4, 0.5) is 5.82 Å². The molecule has 2 atom stereocenters. The molecule has 0 radical (unpaired) electrons. The van der Waals surface area contributed by atoms with Gasteiger partial charge in [-0.05, 0) is 47.1 Å². The van der Waals surface area contributed by atoms with Crippen molar-refractivity contribution in [2.45, 2.75) is 13.0 Å². The highest BCUT2D eigenvalue weighted by Crippen LogP contribution is 2.40. The van der Waals surface area contributed by atoms with E-state index < -0.39 is 0 Å². The molecule has 6 heteroatoms. The van der Waals surface area contributed by atoms with Gasteiger partial charge in [0, 0.05) is 37.5 Å². The average Bonchev–Trinajstić information content (AvgIpc) is 3.28. The maximum absolute atomic E-state index is 12.7. The number of carbonyl (C=O) groups excluding carboxylic acids is 2. The number of likely N-dealkylation sites (tertiary alicyclic amines) is 1. The molecule has 30 heavy (non-hydrogen) atoms. The maximum atomic E-state index is 12.7. The molecule has 2 aliphatic heterocycles. The summed E-state index contributed by atoms with van der Waals surface area (Å²) in [4.78, 5) is 30.6. The number of benzene rings is 1. The van der Waals surface area contributed by atoms with E-state index in [0.29, 0.717) is 24.2 Å². The van der Waals surface area contributed by atoms with Crippen molar-refractivity contribution in [1.29, 1.82) is 0 Å². The van der Waals surface area contributed by atoms with Crippen LogP contribution in [-0.2, 0) is 16.1 Å². The SMILES string of the molecule is O=C1CNCc2cc(C=CC(=O)N3C[C@H]4CC(c5ccccc5)=C[C@H]4C3)cnc2N1. The number of aromatic nitrogens is 1. The average molecular weight is 400 g/mol. The molecular formula is C24H24N4O2. The van der Waals surface area contributed by atoms with Crippen LogP contribution in [0, 0.1) is 11.8 Å². The first kappa shape index (κ1) is 18.8. The van der Waals surface area contributed by atoms with Crippen molar-refractivity contribution >= 4 is 29.3 Å².